The highest BCUT2D eigenvalue weighted by Gasteiger charge is 2.30. The minimum absolute atomic E-state index is 0.0274. The highest BCUT2D eigenvalue weighted by molar-refractivity contribution is 5.95. The summed E-state index contributed by atoms with van der Waals surface area (Å²) in [6.45, 7) is 0.603. The Balaban J connectivity index is 1.71. The molecule has 1 aliphatic rings. The predicted octanol–water partition coefficient (Wildman–Crippen LogP) is 2.17. The first-order valence-corrected chi connectivity index (χ1v) is 6.95. The first kappa shape index (κ1) is 13.6. The van der Waals surface area contributed by atoms with Crippen LogP contribution in [0.25, 0.3) is 0 Å². The summed E-state index contributed by atoms with van der Waals surface area (Å²) < 4.78 is 0. The number of carbonyl (C=O) groups is 1. The van der Waals surface area contributed by atoms with Crippen molar-refractivity contribution in [3.63, 3.8) is 0 Å². The number of rotatable bonds is 4. The molecule has 1 saturated heterocycles. The largest absolute Gasteiger partial charge is 0.396 e. The van der Waals surface area contributed by atoms with Crippen molar-refractivity contribution in [2.75, 3.05) is 23.4 Å². The van der Waals surface area contributed by atoms with E-state index >= 15 is 0 Å². The summed E-state index contributed by atoms with van der Waals surface area (Å²) in [7, 11) is 0. The van der Waals surface area contributed by atoms with E-state index < -0.39 is 0 Å². The minimum atomic E-state index is 0.0274. The monoisotopic (exact) mass is 283 g/mol. The lowest BCUT2D eigenvalue weighted by atomic mass is 10.1. The second-order valence-corrected chi connectivity index (χ2v) is 5.15. The van der Waals surface area contributed by atoms with Crippen molar-refractivity contribution in [2.24, 2.45) is 5.92 Å². The topological polar surface area (TPSA) is 65.5 Å². The third-order valence-electron chi connectivity index (χ3n) is 3.57. The van der Waals surface area contributed by atoms with E-state index in [0.29, 0.717) is 13.0 Å². The molecule has 2 heterocycles. The Morgan fingerprint density at radius 1 is 1.24 bits per heavy atom. The maximum Gasteiger partial charge on any atom is 0.227 e. The number of amides is 1. The number of nitrogens with one attached hydrogen (secondary N) is 1. The average molecular weight is 283 g/mol. The number of anilines is 3. The van der Waals surface area contributed by atoms with Crippen molar-refractivity contribution in [3.8, 4) is 0 Å². The van der Waals surface area contributed by atoms with E-state index in [1.54, 1.807) is 11.1 Å². The van der Waals surface area contributed by atoms with Crippen molar-refractivity contribution >= 4 is 23.1 Å². The second kappa shape index (κ2) is 5.93. The van der Waals surface area contributed by atoms with Gasteiger partial charge >= 0.3 is 0 Å². The van der Waals surface area contributed by atoms with Gasteiger partial charge in [0.25, 0.3) is 0 Å². The van der Waals surface area contributed by atoms with Crippen LogP contribution in [0.3, 0.4) is 0 Å². The van der Waals surface area contributed by atoms with Crippen LogP contribution in [-0.2, 0) is 4.79 Å². The molecule has 0 spiro atoms. The molecular weight excluding hydrogens is 266 g/mol. The van der Waals surface area contributed by atoms with Crippen LogP contribution in [-0.4, -0.2) is 29.1 Å². The lowest BCUT2D eigenvalue weighted by molar-refractivity contribution is -0.117. The first-order valence-electron chi connectivity index (χ1n) is 6.95. The van der Waals surface area contributed by atoms with Crippen LogP contribution in [0.4, 0.5) is 17.2 Å². The van der Waals surface area contributed by atoms with Crippen molar-refractivity contribution in [1.29, 1.82) is 0 Å². The molecule has 1 unspecified atom stereocenters. The molecule has 0 radical (unpaired) electrons. The third kappa shape index (κ3) is 3.03. The molecule has 3 rings (SSSR count). The molecule has 1 fully saturated rings. The summed E-state index contributed by atoms with van der Waals surface area (Å²) in [5, 5.41) is 12.4. The fraction of sp³-hybridized carbons (Fsp3) is 0.250. The molecule has 108 valence electrons. The van der Waals surface area contributed by atoms with Crippen molar-refractivity contribution in [2.45, 2.75) is 6.42 Å². The Bertz CT molecular complexity index is 613. The quantitative estimate of drug-likeness (QED) is 0.902. The Morgan fingerprint density at radius 3 is 2.67 bits per heavy atom. The van der Waals surface area contributed by atoms with Crippen LogP contribution in [0, 0.1) is 5.92 Å². The van der Waals surface area contributed by atoms with Gasteiger partial charge in [0.2, 0.25) is 5.91 Å². The van der Waals surface area contributed by atoms with E-state index in [0.717, 1.165) is 17.2 Å². The zero-order valence-corrected chi connectivity index (χ0v) is 11.6. The minimum Gasteiger partial charge on any atom is -0.396 e. The molecule has 1 amide bonds. The zero-order valence-electron chi connectivity index (χ0n) is 11.6. The molecular formula is C16H17N3O2. The van der Waals surface area contributed by atoms with Crippen molar-refractivity contribution in [1.82, 2.24) is 4.98 Å². The van der Waals surface area contributed by atoms with Crippen LogP contribution < -0.4 is 10.2 Å². The van der Waals surface area contributed by atoms with Crippen LogP contribution in [0.5, 0.6) is 0 Å². The maximum atomic E-state index is 11.9. The number of aromatic nitrogens is 1. The van der Waals surface area contributed by atoms with E-state index in [4.69, 9.17) is 5.11 Å². The lowest BCUT2D eigenvalue weighted by Crippen LogP contribution is -2.24. The van der Waals surface area contributed by atoms with Gasteiger partial charge in [-0.3, -0.25) is 4.79 Å². The summed E-state index contributed by atoms with van der Waals surface area (Å²) >= 11 is 0. The second-order valence-electron chi connectivity index (χ2n) is 5.15. The number of carbonyl (C=O) groups excluding carboxylic acids is 1. The van der Waals surface area contributed by atoms with E-state index in [9.17, 15) is 4.79 Å². The van der Waals surface area contributed by atoms with Gasteiger partial charge in [-0.1, -0.05) is 18.2 Å². The van der Waals surface area contributed by atoms with Gasteiger partial charge in [0.05, 0.1) is 11.9 Å². The third-order valence-corrected chi connectivity index (χ3v) is 3.57. The van der Waals surface area contributed by atoms with Gasteiger partial charge in [0.1, 0.15) is 5.82 Å². The highest BCUT2D eigenvalue weighted by atomic mass is 16.3. The molecule has 5 heteroatoms. The number of hydrogen-bond acceptors (Lipinski definition) is 4. The summed E-state index contributed by atoms with van der Waals surface area (Å²) in [5.41, 5.74) is 1.74. The number of hydrogen-bond donors (Lipinski definition) is 2. The average Bonchev–Trinajstić information content (AvgIpc) is 2.90. The lowest BCUT2D eigenvalue weighted by Gasteiger charge is -2.16. The smallest absolute Gasteiger partial charge is 0.227 e. The molecule has 0 aliphatic carbocycles. The van der Waals surface area contributed by atoms with E-state index in [1.807, 2.05) is 42.5 Å². The highest BCUT2D eigenvalue weighted by Crippen LogP contribution is 2.25. The Labute approximate surface area is 123 Å². The molecule has 0 bridgehead atoms. The number of para-hydroxylation sites is 1. The molecule has 2 aromatic rings. The van der Waals surface area contributed by atoms with Gasteiger partial charge in [-0.15, -0.1) is 0 Å². The molecule has 2 N–H and O–H groups in total. The molecule has 1 aromatic carbocycles. The number of aliphatic hydroxyl groups excluding tert-OH is 1. The van der Waals surface area contributed by atoms with Gasteiger partial charge in [0, 0.05) is 31.2 Å². The van der Waals surface area contributed by atoms with Crippen molar-refractivity contribution in [3.05, 3.63) is 48.7 Å². The Hall–Kier alpha value is -2.40. The van der Waals surface area contributed by atoms with Crippen LogP contribution in [0.1, 0.15) is 6.42 Å². The number of aliphatic hydroxyl groups is 1. The van der Waals surface area contributed by atoms with Gasteiger partial charge in [0.15, 0.2) is 0 Å². The SMILES string of the molecule is O=C1CC(CO)CN1c1ccc(Nc2ccccc2)nc1. The Morgan fingerprint density at radius 2 is 2.05 bits per heavy atom. The Kier molecular flexibility index (Phi) is 3.83. The normalized spacial score (nSPS) is 18.0. The van der Waals surface area contributed by atoms with E-state index in [-0.39, 0.29) is 18.4 Å². The zero-order chi connectivity index (χ0) is 14.7. The van der Waals surface area contributed by atoms with Crippen LogP contribution in [0.15, 0.2) is 48.7 Å². The molecule has 1 aliphatic heterocycles. The fourth-order valence-electron chi connectivity index (χ4n) is 2.44. The van der Waals surface area contributed by atoms with Gasteiger partial charge in [-0.2, -0.15) is 0 Å². The standard InChI is InChI=1S/C16H17N3O2/c20-11-12-8-16(21)19(10-12)14-6-7-15(17-9-14)18-13-4-2-1-3-5-13/h1-7,9,12,20H,8,10-11H2,(H,17,18). The summed E-state index contributed by atoms with van der Waals surface area (Å²) in [6.07, 6.45) is 2.09. The van der Waals surface area contributed by atoms with Gasteiger partial charge < -0.3 is 15.3 Å². The van der Waals surface area contributed by atoms with E-state index in [1.165, 1.54) is 0 Å². The van der Waals surface area contributed by atoms with Crippen LogP contribution in [0.2, 0.25) is 0 Å². The number of nitrogens with zero attached hydrogens (tertiary/aromatic N) is 2. The maximum absolute atomic E-state index is 11.9. The summed E-state index contributed by atoms with van der Waals surface area (Å²) in [5.74, 6) is 0.801. The summed E-state index contributed by atoms with van der Waals surface area (Å²) in [4.78, 5) is 17.9. The van der Waals surface area contributed by atoms with Gasteiger partial charge in [-0.05, 0) is 24.3 Å². The first-order chi connectivity index (χ1) is 10.3. The summed E-state index contributed by atoms with van der Waals surface area (Å²) in [6, 6.07) is 13.5. The van der Waals surface area contributed by atoms with Gasteiger partial charge in [-0.25, -0.2) is 4.98 Å². The molecule has 0 saturated carbocycles. The number of benzene rings is 1. The van der Waals surface area contributed by atoms with Crippen molar-refractivity contribution < 1.29 is 9.90 Å². The molecule has 5 nitrogen and oxygen atoms in total. The fourth-order valence-corrected chi connectivity index (χ4v) is 2.44. The predicted molar refractivity (Wildman–Crippen MR) is 81.5 cm³/mol. The van der Waals surface area contributed by atoms with Crippen LogP contribution >= 0.6 is 0 Å². The van der Waals surface area contributed by atoms with E-state index in [2.05, 4.69) is 10.3 Å². The molecule has 1 aromatic heterocycles. The molecule has 1 atom stereocenters. The number of pyridine rings is 1. The molecule has 21 heavy (non-hydrogen) atoms.